The van der Waals surface area contributed by atoms with Crippen LogP contribution in [0, 0.1) is 17.8 Å². The third kappa shape index (κ3) is 6.96. The largest absolute Gasteiger partial charge is 0.593 e. The number of rotatable bonds is 5. The van der Waals surface area contributed by atoms with Gasteiger partial charge in [-0.05, 0) is 92.8 Å². The topological polar surface area (TPSA) is 73.9 Å². The van der Waals surface area contributed by atoms with Crippen molar-refractivity contribution >= 4 is 34.6 Å². The van der Waals surface area contributed by atoms with Crippen LogP contribution in [-0.2, 0) is 22.5 Å². The van der Waals surface area contributed by atoms with Crippen LogP contribution in [0.1, 0.15) is 80.8 Å². The number of nitrogens with zero attached hydrogens (tertiary/aromatic N) is 1. The normalized spacial score (nSPS) is 30.8. The Kier molecular flexibility index (Phi) is 10.5. The summed E-state index contributed by atoms with van der Waals surface area (Å²) in [5, 5.41) is 0.570. The van der Waals surface area contributed by atoms with E-state index in [-0.39, 0.29) is 29.1 Å². The average molecular weight is 613 g/mol. The van der Waals surface area contributed by atoms with Gasteiger partial charge in [0.25, 0.3) is 5.91 Å². The van der Waals surface area contributed by atoms with E-state index in [1.165, 1.54) is 11.1 Å². The number of hydrogen-bond acceptors (Lipinski definition) is 5. The molecule has 1 fully saturated rings. The van der Waals surface area contributed by atoms with Gasteiger partial charge in [-0.25, -0.2) is 0 Å². The number of nitrogens with one attached hydrogen (secondary N) is 1. The van der Waals surface area contributed by atoms with Crippen LogP contribution in [0.5, 0.6) is 5.75 Å². The number of allylic oxidation sites excluding steroid dienone is 1. The van der Waals surface area contributed by atoms with E-state index in [0.717, 1.165) is 61.7 Å². The van der Waals surface area contributed by atoms with Crippen molar-refractivity contribution in [3.63, 3.8) is 0 Å². The minimum atomic E-state index is -1.50. The number of benzene rings is 2. The summed E-state index contributed by atoms with van der Waals surface area (Å²) in [7, 11) is 0. The van der Waals surface area contributed by atoms with Gasteiger partial charge < -0.3 is 18.9 Å². The van der Waals surface area contributed by atoms with Gasteiger partial charge in [0.2, 0.25) is 0 Å². The van der Waals surface area contributed by atoms with E-state index in [0.29, 0.717) is 30.6 Å². The molecule has 0 spiro atoms. The maximum Gasteiger partial charge on any atom is 0.292 e. The monoisotopic (exact) mass is 612 g/mol. The highest BCUT2D eigenvalue weighted by Gasteiger charge is 2.39. The first-order valence-electron chi connectivity index (χ1n) is 15.6. The van der Waals surface area contributed by atoms with Crippen molar-refractivity contribution in [2.24, 2.45) is 17.8 Å². The minimum Gasteiger partial charge on any atom is -0.593 e. The van der Waals surface area contributed by atoms with Crippen LogP contribution in [0.2, 0.25) is 5.02 Å². The molecule has 3 aliphatic rings. The lowest BCUT2D eigenvalue weighted by Gasteiger charge is -2.44. The molecular formula is C34H45ClN2O4S. The zero-order chi connectivity index (χ0) is 29.8. The van der Waals surface area contributed by atoms with Crippen molar-refractivity contribution < 1.29 is 18.8 Å². The highest BCUT2D eigenvalue weighted by molar-refractivity contribution is 7.90. The molecule has 42 heavy (non-hydrogen) atoms. The van der Waals surface area contributed by atoms with Gasteiger partial charge in [0, 0.05) is 42.1 Å². The minimum absolute atomic E-state index is 0.0617. The lowest BCUT2D eigenvalue weighted by molar-refractivity contribution is -0.00844. The number of halogens is 1. The molecule has 2 heterocycles. The summed E-state index contributed by atoms with van der Waals surface area (Å²) in [4.78, 5) is 15.7. The fourth-order valence-corrected chi connectivity index (χ4v) is 7.79. The summed E-state index contributed by atoms with van der Waals surface area (Å²) in [5.41, 5.74) is 3.96. The van der Waals surface area contributed by atoms with Crippen LogP contribution in [-0.4, -0.2) is 48.1 Å². The van der Waals surface area contributed by atoms with Crippen molar-refractivity contribution in [1.82, 2.24) is 4.72 Å². The molecule has 1 aliphatic carbocycles. The summed E-state index contributed by atoms with van der Waals surface area (Å²) in [5.74, 6) is 1.65. The molecule has 1 amide bonds. The molecule has 2 aliphatic heterocycles. The lowest BCUT2D eigenvalue weighted by atomic mass is 9.70. The highest BCUT2D eigenvalue weighted by Crippen LogP contribution is 2.43. The molecule has 1 N–H and O–H groups in total. The van der Waals surface area contributed by atoms with E-state index < -0.39 is 11.4 Å². The van der Waals surface area contributed by atoms with Crippen LogP contribution in [0.15, 0.2) is 48.6 Å². The maximum absolute atomic E-state index is 13.3. The lowest BCUT2D eigenvalue weighted by Crippen LogP contribution is -2.45. The summed E-state index contributed by atoms with van der Waals surface area (Å²) in [6.07, 6.45) is 9.55. The summed E-state index contributed by atoms with van der Waals surface area (Å²) < 4.78 is 28.7. The zero-order valence-electron chi connectivity index (χ0n) is 25.3. The zero-order valence-corrected chi connectivity index (χ0v) is 26.9. The Morgan fingerprint density at radius 3 is 2.71 bits per heavy atom. The van der Waals surface area contributed by atoms with Crippen LogP contribution in [0.25, 0.3) is 0 Å². The molecule has 5 rings (SSSR count). The average Bonchev–Trinajstić information content (AvgIpc) is 3.13. The van der Waals surface area contributed by atoms with Gasteiger partial charge >= 0.3 is 0 Å². The second-order valence-corrected chi connectivity index (χ2v) is 14.2. The molecule has 7 atom stereocenters. The molecule has 1 saturated carbocycles. The van der Waals surface area contributed by atoms with Crippen LogP contribution in [0.3, 0.4) is 0 Å². The van der Waals surface area contributed by atoms with Gasteiger partial charge in [-0.3, -0.25) is 4.79 Å². The number of aryl methyl sites for hydroxylation is 1. The van der Waals surface area contributed by atoms with E-state index in [9.17, 15) is 9.35 Å². The third-order valence-electron chi connectivity index (χ3n) is 9.39. The second-order valence-electron chi connectivity index (χ2n) is 12.2. The molecule has 0 saturated heterocycles. The van der Waals surface area contributed by atoms with E-state index in [1.54, 1.807) is 6.07 Å². The first-order chi connectivity index (χ1) is 20.3. The van der Waals surface area contributed by atoms with Crippen molar-refractivity contribution in [3.05, 3.63) is 70.3 Å². The smallest absolute Gasteiger partial charge is 0.292 e. The number of anilines is 1. The van der Waals surface area contributed by atoms with Crippen molar-refractivity contribution in [3.8, 4) is 5.75 Å². The Bertz CT molecular complexity index is 1270. The number of ether oxygens (including phenoxy) is 2. The van der Waals surface area contributed by atoms with Crippen molar-refractivity contribution in [2.75, 3.05) is 31.2 Å². The predicted molar refractivity (Wildman–Crippen MR) is 172 cm³/mol. The van der Waals surface area contributed by atoms with Crippen molar-refractivity contribution in [1.29, 1.82) is 0 Å². The Morgan fingerprint density at radius 1 is 1.14 bits per heavy atom. The Balaban J connectivity index is 1.53. The maximum atomic E-state index is 13.3. The summed E-state index contributed by atoms with van der Waals surface area (Å²) in [6.45, 7) is 11.1. The number of amides is 1. The summed E-state index contributed by atoms with van der Waals surface area (Å²) >= 11 is 4.91. The third-order valence-corrected chi connectivity index (χ3v) is 11.1. The Morgan fingerprint density at radius 2 is 1.98 bits per heavy atom. The van der Waals surface area contributed by atoms with Crippen LogP contribution in [0.4, 0.5) is 5.69 Å². The highest BCUT2D eigenvalue weighted by atomic mass is 35.5. The Hall–Kier alpha value is -2.19. The Labute approximate surface area is 259 Å². The standard InChI is InChI=1S/C34H45ClN2O4S/c1-5-8-24-17-28(35)13-15-29(24)27-20-37-19-26-11-14-30(26)32(40-6-2)10-7-9-22(3)23(4)42(39)36-34(38)25-12-16-33(41-21-27)31(37)18-25/h7,10,12-13,15-18,22-23,26-27,30,32H,5-6,8-9,11,14,19-21H2,1-4H3,(H,36,38)/b10-7+/t22-,23?,26?,27?,30?,32?,42?/m0/s1. The molecule has 2 aromatic carbocycles. The van der Waals surface area contributed by atoms with E-state index in [4.69, 9.17) is 21.1 Å². The van der Waals surface area contributed by atoms with Gasteiger partial charge in [0.15, 0.2) is 0 Å². The molecule has 228 valence electrons. The number of carbonyl (C=O) groups excluding carboxylic acids is 1. The van der Waals surface area contributed by atoms with Crippen LogP contribution < -0.4 is 14.4 Å². The van der Waals surface area contributed by atoms with E-state index >= 15 is 0 Å². The second kappa shape index (κ2) is 14.1. The summed E-state index contributed by atoms with van der Waals surface area (Å²) in [6, 6.07) is 11.8. The van der Waals surface area contributed by atoms with E-state index in [2.05, 4.69) is 54.7 Å². The van der Waals surface area contributed by atoms with Gasteiger partial charge in [-0.2, -0.15) is 4.72 Å². The molecule has 6 nitrogen and oxygen atoms in total. The number of hydrogen-bond donors (Lipinski definition) is 1. The first kappa shape index (κ1) is 31.2. The molecule has 6 unspecified atom stereocenters. The molecule has 0 aromatic heterocycles. The predicted octanol–water partition coefficient (Wildman–Crippen LogP) is 7.08. The molecule has 8 heteroatoms. The molecule has 0 radical (unpaired) electrons. The van der Waals surface area contributed by atoms with Gasteiger partial charge in [0.05, 0.1) is 29.8 Å². The van der Waals surface area contributed by atoms with Gasteiger partial charge in [-0.1, -0.05) is 50.1 Å². The number of fused-ring (bicyclic) bond motifs is 2. The molecular weight excluding hydrogens is 568 g/mol. The molecule has 2 aromatic rings. The fraction of sp³-hybridized carbons (Fsp3) is 0.559. The fourth-order valence-electron chi connectivity index (χ4n) is 6.58. The van der Waals surface area contributed by atoms with Gasteiger partial charge in [-0.15, -0.1) is 0 Å². The number of carbonyl (C=O) groups is 1. The first-order valence-corrected chi connectivity index (χ1v) is 17.2. The molecule has 2 bridgehead atoms. The van der Waals surface area contributed by atoms with Gasteiger partial charge in [0.1, 0.15) is 11.0 Å². The van der Waals surface area contributed by atoms with Crippen molar-refractivity contribution in [2.45, 2.75) is 77.1 Å². The quantitative estimate of drug-likeness (QED) is 0.288. The SMILES string of the molecule is CCCc1cc(Cl)ccc1C1COc2ccc3cc2N(C1)CC1CCC1C(OCC)/C=C/C[C@H](C)C(C)[S+]([O-])NC3=O. The van der Waals surface area contributed by atoms with Crippen LogP contribution >= 0.6 is 11.6 Å². The van der Waals surface area contributed by atoms with E-state index in [1.807, 2.05) is 25.1 Å².